The fraction of sp³-hybridized carbons (Fsp3) is 0.556. The largest absolute Gasteiger partial charge is 0.508 e. The molecule has 1 atom stereocenters. The van der Waals surface area contributed by atoms with Crippen molar-refractivity contribution in [3.63, 3.8) is 0 Å². The van der Waals surface area contributed by atoms with Crippen molar-refractivity contribution in [1.29, 1.82) is 0 Å². The fourth-order valence-electron chi connectivity index (χ4n) is 3.45. The molecule has 0 aliphatic heterocycles. The number of aromatic hydroxyl groups is 1. The lowest BCUT2D eigenvalue weighted by atomic mass is 9.66. The molecule has 1 N–H and O–H groups in total. The van der Waals surface area contributed by atoms with E-state index < -0.39 is 35.9 Å². The quantitative estimate of drug-likeness (QED) is 0.631. The van der Waals surface area contributed by atoms with Gasteiger partial charge in [0, 0.05) is 0 Å². The lowest BCUT2D eigenvalue weighted by Crippen LogP contribution is -2.47. The first-order valence-electron chi connectivity index (χ1n) is 8.36. The standard InChI is InChI=1S/C18H21F3O5/c1-3-25-15(23)17(16(24)26-4-2)8-11-5-6-13(22)7-14(11)12(9-17)10-18(19,20)21/h5-7,12,22H,3-4,8-10H2,1-2H3. The summed E-state index contributed by atoms with van der Waals surface area (Å²) in [4.78, 5) is 25.1. The van der Waals surface area contributed by atoms with Gasteiger partial charge in [-0.1, -0.05) is 6.07 Å². The van der Waals surface area contributed by atoms with Gasteiger partial charge in [-0.2, -0.15) is 13.2 Å². The van der Waals surface area contributed by atoms with Crippen LogP contribution in [0.2, 0.25) is 0 Å². The Hall–Kier alpha value is -2.25. The van der Waals surface area contributed by atoms with Crippen LogP contribution in [0, 0.1) is 5.41 Å². The number of hydrogen-bond donors (Lipinski definition) is 1. The average Bonchev–Trinajstić information content (AvgIpc) is 2.54. The van der Waals surface area contributed by atoms with Gasteiger partial charge in [0.25, 0.3) is 0 Å². The second kappa shape index (κ2) is 7.55. The smallest absolute Gasteiger partial charge is 0.389 e. The summed E-state index contributed by atoms with van der Waals surface area (Å²) >= 11 is 0. The van der Waals surface area contributed by atoms with Crippen molar-refractivity contribution in [1.82, 2.24) is 0 Å². The zero-order valence-electron chi connectivity index (χ0n) is 14.6. The van der Waals surface area contributed by atoms with Gasteiger partial charge < -0.3 is 14.6 Å². The molecule has 2 rings (SSSR count). The highest BCUT2D eigenvalue weighted by atomic mass is 19.4. The average molecular weight is 374 g/mol. The van der Waals surface area contributed by atoms with Crippen LogP contribution in [0.5, 0.6) is 5.75 Å². The van der Waals surface area contributed by atoms with E-state index in [-0.39, 0.29) is 37.4 Å². The van der Waals surface area contributed by atoms with Crippen molar-refractivity contribution in [3.05, 3.63) is 29.3 Å². The van der Waals surface area contributed by atoms with Gasteiger partial charge in [-0.15, -0.1) is 0 Å². The van der Waals surface area contributed by atoms with E-state index in [1.165, 1.54) is 18.2 Å². The Morgan fingerprint density at radius 2 is 1.77 bits per heavy atom. The Morgan fingerprint density at radius 3 is 2.27 bits per heavy atom. The van der Waals surface area contributed by atoms with E-state index in [0.29, 0.717) is 5.56 Å². The van der Waals surface area contributed by atoms with Gasteiger partial charge in [-0.25, -0.2) is 0 Å². The summed E-state index contributed by atoms with van der Waals surface area (Å²) in [5, 5.41) is 9.66. The predicted octanol–water partition coefficient (Wildman–Crippen LogP) is 3.49. The number of phenols is 1. The summed E-state index contributed by atoms with van der Waals surface area (Å²) in [6.45, 7) is 3.09. The molecule has 1 aliphatic carbocycles. The molecule has 1 aromatic carbocycles. The van der Waals surface area contributed by atoms with Crippen molar-refractivity contribution in [3.8, 4) is 5.75 Å². The number of fused-ring (bicyclic) bond motifs is 1. The molecule has 0 radical (unpaired) electrons. The maximum absolute atomic E-state index is 13.1. The van der Waals surface area contributed by atoms with Crippen LogP contribution >= 0.6 is 0 Å². The highest BCUT2D eigenvalue weighted by Crippen LogP contribution is 2.48. The van der Waals surface area contributed by atoms with Gasteiger partial charge in [-0.3, -0.25) is 9.59 Å². The van der Waals surface area contributed by atoms with E-state index in [1.807, 2.05) is 0 Å². The van der Waals surface area contributed by atoms with Gasteiger partial charge in [0.05, 0.1) is 19.6 Å². The lowest BCUT2D eigenvalue weighted by molar-refractivity contribution is -0.176. The number of rotatable bonds is 5. The van der Waals surface area contributed by atoms with E-state index in [0.717, 1.165) is 0 Å². The topological polar surface area (TPSA) is 72.8 Å². The second-order valence-corrected chi connectivity index (χ2v) is 6.30. The molecule has 0 heterocycles. The Labute approximate surface area is 149 Å². The van der Waals surface area contributed by atoms with Crippen LogP contribution < -0.4 is 0 Å². The minimum Gasteiger partial charge on any atom is -0.508 e. The number of phenolic OH excluding ortho intramolecular Hbond substituents is 1. The molecule has 0 aromatic heterocycles. The molecule has 0 fully saturated rings. The predicted molar refractivity (Wildman–Crippen MR) is 85.5 cm³/mol. The van der Waals surface area contributed by atoms with Gasteiger partial charge in [0.1, 0.15) is 5.75 Å². The molecule has 0 amide bonds. The Kier molecular flexibility index (Phi) is 5.83. The van der Waals surface area contributed by atoms with Crippen LogP contribution in [0.25, 0.3) is 0 Å². The van der Waals surface area contributed by atoms with Crippen molar-refractivity contribution >= 4 is 11.9 Å². The summed E-state index contributed by atoms with van der Waals surface area (Å²) in [6.07, 6.45) is -6.24. The molecule has 1 aromatic rings. The zero-order chi connectivity index (χ0) is 19.5. The number of ether oxygens (including phenoxy) is 2. The summed E-state index contributed by atoms with van der Waals surface area (Å²) in [5.74, 6) is -3.11. The molecule has 1 aliphatic rings. The molecule has 0 bridgehead atoms. The van der Waals surface area contributed by atoms with Crippen molar-refractivity contribution in [2.45, 2.75) is 45.2 Å². The molecule has 8 heteroatoms. The highest BCUT2D eigenvalue weighted by Gasteiger charge is 2.54. The number of alkyl halides is 3. The first-order valence-corrected chi connectivity index (χ1v) is 8.36. The van der Waals surface area contributed by atoms with Gasteiger partial charge in [-0.05, 0) is 55.9 Å². The SMILES string of the molecule is CCOC(=O)C1(C(=O)OCC)Cc2ccc(O)cc2C(CC(F)(F)F)C1. The molecule has 144 valence electrons. The molecule has 26 heavy (non-hydrogen) atoms. The monoisotopic (exact) mass is 374 g/mol. The number of carbonyl (C=O) groups excluding carboxylic acids is 2. The number of benzene rings is 1. The number of halogens is 3. The second-order valence-electron chi connectivity index (χ2n) is 6.30. The van der Waals surface area contributed by atoms with Crippen LogP contribution in [-0.4, -0.2) is 36.4 Å². The Balaban J connectivity index is 2.55. The van der Waals surface area contributed by atoms with Gasteiger partial charge in [0.2, 0.25) is 0 Å². The Morgan fingerprint density at radius 1 is 1.19 bits per heavy atom. The first kappa shape index (κ1) is 20.1. The maximum atomic E-state index is 13.1. The zero-order valence-corrected chi connectivity index (χ0v) is 14.6. The first-order chi connectivity index (χ1) is 12.1. The molecule has 0 spiro atoms. The van der Waals surface area contributed by atoms with E-state index in [4.69, 9.17) is 9.47 Å². The van der Waals surface area contributed by atoms with Crippen LogP contribution in [0.3, 0.4) is 0 Å². The molecule has 1 unspecified atom stereocenters. The summed E-state index contributed by atoms with van der Waals surface area (Å²) in [5.41, 5.74) is -1.15. The van der Waals surface area contributed by atoms with Crippen LogP contribution in [0.1, 0.15) is 43.7 Å². The third-order valence-electron chi connectivity index (χ3n) is 4.47. The van der Waals surface area contributed by atoms with E-state index in [9.17, 15) is 27.9 Å². The van der Waals surface area contributed by atoms with Crippen molar-refractivity contribution in [2.24, 2.45) is 5.41 Å². The molecule has 0 saturated carbocycles. The maximum Gasteiger partial charge on any atom is 0.389 e. The fourth-order valence-corrected chi connectivity index (χ4v) is 3.45. The summed E-state index contributed by atoms with van der Waals surface area (Å²) in [6, 6.07) is 4.00. The highest BCUT2D eigenvalue weighted by molar-refractivity contribution is 6.01. The number of hydrogen-bond acceptors (Lipinski definition) is 5. The number of esters is 2. The molecule has 5 nitrogen and oxygen atoms in total. The van der Waals surface area contributed by atoms with E-state index >= 15 is 0 Å². The normalized spacial score (nSPS) is 18.7. The minimum atomic E-state index is -4.50. The summed E-state index contributed by atoms with van der Waals surface area (Å²) < 4.78 is 49.3. The van der Waals surface area contributed by atoms with Crippen molar-refractivity contribution in [2.75, 3.05) is 13.2 Å². The van der Waals surface area contributed by atoms with Crippen LogP contribution in [0.15, 0.2) is 18.2 Å². The third-order valence-corrected chi connectivity index (χ3v) is 4.47. The third kappa shape index (κ3) is 4.11. The van der Waals surface area contributed by atoms with E-state index in [2.05, 4.69) is 0 Å². The van der Waals surface area contributed by atoms with Crippen molar-refractivity contribution < 1.29 is 37.3 Å². The summed E-state index contributed by atoms with van der Waals surface area (Å²) in [7, 11) is 0. The Bertz CT molecular complexity index is 666. The molecular weight excluding hydrogens is 353 g/mol. The molecule has 0 saturated heterocycles. The van der Waals surface area contributed by atoms with Gasteiger partial charge in [0.15, 0.2) is 5.41 Å². The van der Waals surface area contributed by atoms with E-state index in [1.54, 1.807) is 13.8 Å². The number of carbonyl (C=O) groups is 2. The lowest BCUT2D eigenvalue weighted by Gasteiger charge is -2.38. The minimum absolute atomic E-state index is 0.00758. The van der Waals surface area contributed by atoms with Crippen LogP contribution in [-0.2, 0) is 25.5 Å². The van der Waals surface area contributed by atoms with Gasteiger partial charge >= 0.3 is 18.1 Å². The molecular formula is C18H21F3O5. The van der Waals surface area contributed by atoms with Crippen LogP contribution in [0.4, 0.5) is 13.2 Å².